The smallest absolute Gasteiger partial charge is 0.226 e. The lowest BCUT2D eigenvalue weighted by Crippen LogP contribution is -2.29. The normalized spacial score (nSPS) is 10.9. The number of amides is 2. The zero-order valence-corrected chi connectivity index (χ0v) is 16.1. The van der Waals surface area contributed by atoms with Gasteiger partial charge in [0.1, 0.15) is 5.69 Å². The molecule has 0 spiro atoms. The molecule has 2 N–H and O–H groups in total. The molecular formula is C24H21N3O2. The predicted octanol–water partition coefficient (Wildman–Crippen LogP) is 3.69. The fourth-order valence-electron chi connectivity index (χ4n) is 2.83. The van der Waals surface area contributed by atoms with Crippen molar-refractivity contribution in [3.05, 3.63) is 95.8 Å². The third kappa shape index (κ3) is 6.33. The van der Waals surface area contributed by atoms with Crippen molar-refractivity contribution in [3.63, 3.8) is 0 Å². The minimum absolute atomic E-state index is 0.132. The van der Waals surface area contributed by atoms with Gasteiger partial charge in [-0.15, -0.1) is 0 Å². The zero-order valence-electron chi connectivity index (χ0n) is 16.1. The SMILES string of the molecule is CC(=O)NC(CC(=O)Nc1cccc(C#Cc2ccccn2)c1)c1ccccc1. The molecule has 3 aromatic rings. The van der Waals surface area contributed by atoms with E-state index in [0.29, 0.717) is 11.4 Å². The van der Waals surface area contributed by atoms with Crippen LogP contribution < -0.4 is 10.6 Å². The number of benzene rings is 2. The molecule has 0 aliphatic rings. The van der Waals surface area contributed by atoms with Gasteiger partial charge in [0.15, 0.2) is 0 Å². The highest BCUT2D eigenvalue weighted by atomic mass is 16.2. The molecule has 0 aliphatic carbocycles. The highest BCUT2D eigenvalue weighted by Crippen LogP contribution is 2.18. The number of anilines is 1. The molecule has 0 saturated heterocycles. The molecule has 2 amide bonds. The number of pyridine rings is 1. The fraction of sp³-hybridized carbons (Fsp3) is 0.125. The molecule has 0 aliphatic heterocycles. The Bertz CT molecular complexity index is 1040. The van der Waals surface area contributed by atoms with Crippen LogP contribution in [0.5, 0.6) is 0 Å². The van der Waals surface area contributed by atoms with Gasteiger partial charge in [0, 0.05) is 24.4 Å². The zero-order chi connectivity index (χ0) is 20.5. The van der Waals surface area contributed by atoms with Crippen molar-refractivity contribution in [3.8, 4) is 11.8 Å². The van der Waals surface area contributed by atoms with Crippen LogP contribution in [-0.2, 0) is 9.59 Å². The maximum absolute atomic E-state index is 12.6. The highest BCUT2D eigenvalue weighted by molar-refractivity contribution is 5.91. The van der Waals surface area contributed by atoms with Gasteiger partial charge < -0.3 is 10.6 Å². The van der Waals surface area contributed by atoms with E-state index >= 15 is 0 Å². The monoisotopic (exact) mass is 383 g/mol. The van der Waals surface area contributed by atoms with Gasteiger partial charge in [-0.1, -0.05) is 48.4 Å². The van der Waals surface area contributed by atoms with E-state index in [-0.39, 0.29) is 24.3 Å². The first kappa shape index (κ1) is 19.8. The molecule has 1 aromatic heterocycles. The summed E-state index contributed by atoms with van der Waals surface area (Å²) < 4.78 is 0. The molecule has 0 fully saturated rings. The lowest BCUT2D eigenvalue weighted by atomic mass is 10.0. The largest absolute Gasteiger partial charge is 0.349 e. The fourth-order valence-corrected chi connectivity index (χ4v) is 2.83. The molecule has 0 saturated carbocycles. The van der Waals surface area contributed by atoms with Crippen LogP contribution in [0.25, 0.3) is 0 Å². The van der Waals surface area contributed by atoms with Crippen LogP contribution in [0.2, 0.25) is 0 Å². The Balaban J connectivity index is 1.68. The second-order valence-corrected chi connectivity index (χ2v) is 6.46. The Kier molecular flexibility index (Phi) is 6.75. The lowest BCUT2D eigenvalue weighted by molar-refractivity contribution is -0.120. The van der Waals surface area contributed by atoms with E-state index < -0.39 is 0 Å². The number of rotatable bonds is 5. The van der Waals surface area contributed by atoms with Crippen LogP contribution in [0.4, 0.5) is 5.69 Å². The summed E-state index contributed by atoms with van der Waals surface area (Å²) >= 11 is 0. The van der Waals surface area contributed by atoms with Crippen molar-refractivity contribution >= 4 is 17.5 Å². The number of nitrogens with one attached hydrogen (secondary N) is 2. The van der Waals surface area contributed by atoms with Crippen molar-refractivity contribution in [2.75, 3.05) is 5.32 Å². The summed E-state index contributed by atoms with van der Waals surface area (Å²) in [5, 5.41) is 5.71. The molecule has 1 unspecified atom stereocenters. The van der Waals surface area contributed by atoms with Gasteiger partial charge in [-0.25, -0.2) is 4.98 Å². The molecule has 0 radical (unpaired) electrons. The van der Waals surface area contributed by atoms with Crippen molar-refractivity contribution < 1.29 is 9.59 Å². The van der Waals surface area contributed by atoms with Gasteiger partial charge in [0.25, 0.3) is 0 Å². The summed E-state index contributed by atoms with van der Waals surface area (Å²) in [6.07, 6.45) is 1.83. The number of carbonyl (C=O) groups is 2. The van der Waals surface area contributed by atoms with Crippen LogP contribution in [0.1, 0.15) is 36.2 Å². The van der Waals surface area contributed by atoms with E-state index in [1.54, 1.807) is 12.3 Å². The van der Waals surface area contributed by atoms with Crippen LogP contribution >= 0.6 is 0 Å². The summed E-state index contributed by atoms with van der Waals surface area (Å²) in [6.45, 7) is 1.44. The van der Waals surface area contributed by atoms with E-state index in [9.17, 15) is 9.59 Å². The molecular weight excluding hydrogens is 362 g/mol. The minimum atomic E-state index is -0.388. The van der Waals surface area contributed by atoms with Crippen molar-refractivity contribution in [1.82, 2.24) is 10.3 Å². The van der Waals surface area contributed by atoms with Crippen molar-refractivity contribution in [1.29, 1.82) is 0 Å². The van der Waals surface area contributed by atoms with Gasteiger partial charge >= 0.3 is 0 Å². The van der Waals surface area contributed by atoms with E-state index in [4.69, 9.17) is 0 Å². The van der Waals surface area contributed by atoms with E-state index in [1.807, 2.05) is 66.7 Å². The molecule has 5 heteroatoms. The molecule has 144 valence electrons. The van der Waals surface area contributed by atoms with Crippen LogP contribution in [0.3, 0.4) is 0 Å². The molecule has 3 rings (SSSR count). The molecule has 1 heterocycles. The second-order valence-electron chi connectivity index (χ2n) is 6.46. The maximum atomic E-state index is 12.6. The highest BCUT2D eigenvalue weighted by Gasteiger charge is 2.17. The number of hydrogen-bond acceptors (Lipinski definition) is 3. The first-order valence-electron chi connectivity index (χ1n) is 9.25. The van der Waals surface area contributed by atoms with E-state index in [1.165, 1.54) is 6.92 Å². The topological polar surface area (TPSA) is 71.1 Å². The third-order valence-corrected chi connectivity index (χ3v) is 4.12. The molecule has 1 atom stereocenters. The first-order chi connectivity index (χ1) is 14.1. The first-order valence-corrected chi connectivity index (χ1v) is 9.25. The third-order valence-electron chi connectivity index (χ3n) is 4.12. The Morgan fingerprint density at radius 1 is 0.966 bits per heavy atom. The molecule has 2 aromatic carbocycles. The Morgan fingerprint density at radius 3 is 2.48 bits per heavy atom. The van der Waals surface area contributed by atoms with Gasteiger partial charge in [-0.3, -0.25) is 9.59 Å². The van der Waals surface area contributed by atoms with Gasteiger partial charge in [-0.2, -0.15) is 0 Å². The molecule has 29 heavy (non-hydrogen) atoms. The number of aromatic nitrogens is 1. The summed E-state index contributed by atoms with van der Waals surface area (Å²) in [4.78, 5) is 28.3. The quantitative estimate of drug-likeness (QED) is 0.660. The number of carbonyl (C=O) groups excluding carboxylic acids is 2. The number of nitrogens with zero attached hydrogens (tertiary/aromatic N) is 1. The molecule has 5 nitrogen and oxygen atoms in total. The van der Waals surface area contributed by atoms with Gasteiger partial charge in [-0.05, 0) is 41.8 Å². The average molecular weight is 383 g/mol. The maximum Gasteiger partial charge on any atom is 0.226 e. The van der Waals surface area contributed by atoms with Crippen LogP contribution in [0, 0.1) is 11.8 Å². The van der Waals surface area contributed by atoms with Gasteiger partial charge in [0.2, 0.25) is 11.8 Å². The Labute approximate surface area is 170 Å². The van der Waals surface area contributed by atoms with E-state index in [2.05, 4.69) is 27.5 Å². The average Bonchev–Trinajstić information content (AvgIpc) is 2.73. The summed E-state index contributed by atoms with van der Waals surface area (Å²) in [7, 11) is 0. The van der Waals surface area contributed by atoms with Crippen molar-refractivity contribution in [2.45, 2.75) is 19.4 Å². The van der Waals surface area contributed by atoms with Gasteiger partial charge in [0.05, 0.1) is 12.5 Å². The molecule has 0 bridgehead atoms. The lowest BCUT2D eigenvalue weighted by Gasteiger charge is -2.18. The Hall–Kier alpha value is -3.91. The van der Waals surface area contributed by atoms with E-state index in [0.717, 1.165) is 11.1 Å². The number of hydrogen-bond donors (Lipinski definition) is 2. The van der Waals surface area contributed by atoms with Crippen LogP contribution in [0.15, 0.2) is 79.0 Å². The standard InChI is InChI=1S/C24H21N3O2/c1-18(28)26-23(20-9-3-2-4-10-20)17-24(29)27-22-12-7-8-19(16-22)13-14-21-11-5-6-15-25-21/h2-12,15-16,23H,17H2,1H3,(H,26,28)(H,27,29). The van der Waals surface area contributed by atoms with Crippen LogP contribution in [-0.4, -0.2) is 16.8 Å². The van der Waals surface area contributed by atoms with Crippen molar-refractivity contribution in [2.24, 2.45) is 0 Å². The summed E-state index contributed by atoms with van der Waals surface area (Å²) in [5.41, 5.74) is 2.99. The predicted molar refractivity (Wildman–Crippen MR) is 113 cm³/mol. The minimum Gasteiger partial charge on any atom is -0.349 e. The Morgan fingerprint density at radius 2 is 1.76 bits per heavy atom. The summed E-state index contributed by atoms with van der Waals surface area (Å²) in [5.74, 6) is 5.67. The summed E-state index contributed by atoms with van der Waals surface area (Å²) in [6, 6.07) is 21.9. The second kappa shape index (κ2) is 9.86.